The Morgan fingerprint density at radius 1 is 1.19 bits per heavy atom. The quantitative estimate of drug-likeness (QED) is 0.527. The number of alkyl halides is 1. The molecule has 0 unspecified atom stereocenters. The van der Waals surface area contributed by atoms with E-state index in [1.807, 2.05) is 19.0 Å². The first kappa shape index (κ1) is 18.1. The third-order valence-electron chi connectivity index (χ3n) is 2.73. The van der Waals surface area contributed by atoms with Gasteiger partial charge in [0.05, 0.1) is 5.75 Å². The zero-order valence-corrected chi connectivity index (χ0v) is 14.1. The monoisotopic (exact) mass is 334 g/mol. The van der Waals surface area contributed by atoms with Gasteiger partial charge < -0.3 is 9.64 Å². The molecule has 0 saturated heterocycles. The Labute approximate surface area is 132 Å². The zero-order valence-electron chi connectivity index (χ0n) is 12.5. The van der Waals surface area contributed by atoms with Crippen LogP contribution in [0.1, 0.15) is 12.8 Å². The SMILES string of the molecule is CN(C)CCOc1ccc(NS(=O)(=O)CCCCCl)cc1. The van der Waals surface area contributed by atoms with Gasteiger partial charge >= 0.3 is 0 Å². The number of halogens is 1. The van der Waals surface area contributed by atoms with E-state index in [2.05, 4.69) is 4.72 Å². The van der Waals surface area contributed by atoms with Gasteiger partial charge in [0.2, 0.25) is 10.0 Å². The smallest absolute Gasteiger partial charge is 0.232 e. The molecule has 120 valence electrons. The summed E-state index contributed by atoms with van der Waals surface area (Å²) in [6, 6.07) is 6.91. The van der Waals surface area contributed by atoms with E-state index in [0.29, 0.717) is 31.0 Å². The number of hydrogen-bond acceptors (Lipinski definition) is 4. The second-order valence-corrected chi connectivity index (χ2v) is 7.21. The van der Waals surface area contributed by atoms with E-state index in [1.54, 1.807) is 24.3 Å². The molecule has 0 aromatic heterocycles. The summed E-state index contributed by atoms with van der Waals surface area (Å²) in [6.45, 7) is 1.42. The molecule has 1 rings (SSSR count). The largest absolute Gasteiger partial charge is 0.492 e. The predicted molar refractivity (Wildman–Crippen MR) is 87.9 cm³/mol. The second kappa shape index (κ2) is 9.12. The highest BCUT2D eigenvalue weighted by molar-refractivity contribution is 7.92. The molecule has 1 aromatic rings. The Balaban J connectivity index is 2.46. The number of likely N-dealkylation sites (N-methyl/N-ethyl adjacent to an activating group) is 1. The van der Waals surface area contributed by atoms with E-state index in [9.17, 15) is 8.42 Å². The third-order valence-corrected chi connectivity index (χ3v) is 4.37. The summed E-state index contributed by atoms with van der Waals surface area (Å²) in [4.78, 5) is 2.03. The standard InChI is InChI=1S/C14H23ClN2O3S/c1-17(2)10-11-20-14-7-5-13(6-8-14)16-21(18,19)12-4-3-9-15/h5-8,16H,3-4,9-12H2,1-2H3. The van der Waals surface area contributed by atoms with E-state index in [-0.39, 0.29) is 5.75 Å². The van der Waals surface area contributed by atoms with E-state index >= 15 is 0 Å². The molecule has 1 aromatic carbocycles. The topological polar surface area (TPSA) is 58.6 Å². The zero-order chi connectivity index (χ0) is 15.7. The van der Waals surface area contributed by atoms with Crippen LogP contribution in [0.3, 0.4) is 0 Å². The summed E-state index contributed by atoms with van der Waals surface area (Å²) in [7, 11) is 0.651. The third kappa shape index (κ3) is 8.14. The molecule has 0 saturated carbocycles. The van der Waals surface area contributed by atoms with Crippen LogP contribution in [-0.4, -0.2) is 52.2 Å². The maximum Gasteiger partial charge on any atom is 0.232 e. The fourth-order valence-electron chi connectivity index (χ4n) is 1.58. The van der Waals surface area contributed by atoms with E-state index in [0.717, 1.165) is 12.3 Å². The number of unbranched alkanes of at least 4 members (excludes halogenated alkanes) is 1. The minimum absolute atomic E-state index is 0.0841. The number of hydrogen-bond donors (Lipinski definition) is 1. The van der Waals surface area contributed by atoms with Gasteiger partial charge in [-0.3, -0.25) is 4.72 Å². The predicted octanol–water partition coefficient (Wildman–Crippen LogP) is 2.39. The minimum Gasteiger partial charge on any atom is -0.492 e. The van der Waals surface area contributed by atoms with Crippen LogP contribution in [0.25, 0.3) is 0 Å². The first-order valence-corrected chi connectivity index (χ1v) is 9.06. The molecular weight excluding hydrogens is 312 g/mol. The van der Waals surface area contributed by atoms with Crippen LogP contribution in [0, 0.1) is 0 Å². The molecule has 0 fully saturated rings. The highest BCUT2D eigenvalue weighted by Gasteiger charge is 2.09. The Morgan fingerprint density at radius 3 is 2.43 bits per heavy atom. The van der Waals surface area contributed by atoms with Crippen molar-refractivity contribution >= 4 is 27.3 Å². The van der Waals surface area contributed by atoms with Crippen LogP contribution >= 0.6 is 11.6 Å². The van der Waals surface area contributed by atoms with Gasteiger partial charge in [-0.05, 0) is 51.2 Å². The van der Waals surface area contributed by atoms with Crippen molar-refractivity contribution in [1.29, 1.82) is 0 Å². The average molecular weight is 335 g/mol. The number of benzene rings is 1. The van der Waals surface area contributed by atoms with Crippen molar-refractivity contribution in [1.82, 2.24) is 4.90 Å². The molecule has 0 heterocycles. The van der Waals surface area contributed by atoms with Crippen LogP contribution in [0.15, 0.2) is 24.3 Å². The maximum atomic E-state index is 11.8. The molecule has 0 bridgehead atoms. The van der Waals surface area contributed by atoms with Crippen LogP contribution in [0.5, 0.6) is 5.75 Å². The molecule has 5 nitrogen and oxygen atoms in total. The van der Waals surface area contributed by atoms with E-state index in [4.69, 9.17) is 16.3 Å². The molecule has 0 atom stereocenters. The lowest BCUT2D eigenvalue weighted by molar-refractivity contribution is 0.261. The molecule has 0 radical (unpaired) electrons. The van der Waals surface area contributed by atoms with Crippen molar-refractivity contribution in [2.75, 3.05) is 43.6 Å². The van der Waals surface area contributed by atoms with Crippen LogP contribution in [-0.2, 0) is 10.0 Å². The lowest BCUT2D eigenvalue weighted by Gasteiger charge is -2.12. The molecule has 21 heavy (non-hydrogen) atoms. The molecular formula is C14H23ClN2O3S. The van der Waals surface area contributed by atoms with Crippen molar-refractivity contribution in [2.24, 2.45) is 0 Å². The number of nitrogens with one attached hydrogen (secondary N) is 1. The van der Waals surface area contributed by atoms with Crippen LogP contribution < -0.4 is 9.46 Å². The maximum absolute atomic E-state index is 11.8. The Bertz CT molecular complexity index is 503. The molecule has 0 aliphatic carbocycles. The summed E-state index contributed by atoms with van der Waals surface area (Å²) >= 11 is 5.54. The van der Waals surface area contributed by atoms with E-state index < -0.39 is 10.0 Å². The number of nitrogens with zero attached hydrogens (tertiary/aromatic N) is 1. The van der Waals surface area contributed by atoms with Crippen LogP contribution in [0.4, 0.5) is 5.69 Å². The number of ether oxygens (including phenoxy) is 1. The molecule has 0 amide bonds. The Kier molecular flexibility index (Phi) is 7.85. The first-order chi connectivity index (χ1) is 9.93. The van der Waals surface area contributed by atoms with Crippen molar-refractivity contribution in [3.8, 4) is 5.75 Å². The van der Waals surface area contributed by atoms with Gasteiger partial charge in [0.15, 0.2) is 0 Å². The van der Waals surface area contributed by atoms with Gasteiger partial charge in [-0.2, -0.15) is 0 Å². The van der Waals surface area contributed by atoms with Crippen LogP contribution in [0.2, 0.25) is 0 Å². The van der Waals surface area contributed by atoms with Gasteiger partial charge in [-0.15, -0.1) is 11.6 Å². The molecule has 7 heteroatoms. The number of sulfonamides is 1. The van der Waals surface area contributed by atoms with Crippen molar-refractivity contribution in [2.45, 2.75) is 12.8 Å². The van der Waals surface area contributed by atoms with Gasteiger partial charge in [-0.25, -0.2) is 8.42 Å². The summed E-state index contributed by atoms with van der Waals surface area (Å²) in [5, 5.41) is 0. The van der Waals surface area contributed by atoms with Gasteiger partial charge in [0.25, 0.3) is 0 Å². The minimum atomic E-state index is -3.30. The molecule has 0 aliphatic rings. The summed E-state index contributed by atoms with van der Waals surface area (Å²) in [5.41, 5.74) is 0.542. The van der Waals surface area contributed by atoms with E-state index in [1.165, 1.54) is 0 Å². The molecule has 0 spiro atoms. The Morgan fingerprint density at radius 2 is 1.86 bits per heavy atom. The fourth-order valence-corrected chi connectivity index (χ4v) is 2.95. The number of anilines is 1. The summed E-state index contributed by atoms with van der Waals surface area (Å²) in [5.74, 6) is 1.29. The highest BCUT2D eigenvalue weighted by atomic mass is 35.5. The summed E-state index contributed by atoms with van der Waals surface area (Å²) in [6.07, 6.45) is 1.26. The van der Waals surface area contributed by atoms with Gasteiger partial charge in [-0.1, -0.05) is 0 Å². The average Bonchev–Trinajstić information content (AvgIpc) is 2.40. The van der Waals surface area contributed by atoms with Gasteiger partial charge in [0, 0.05) is 18.1 Å². The summed E-state index contributed by atoms with van der Waals surface area (Å²) < 4.78 is 31.7. The fraction of sp³-hybridized carbons (Fsp3) is 0.571. The highest BCUT2D eigenvalue weighted by Crippen LogP contribution is 2.17. The molecule has 1 N–H and O–H groups in total. The lowest BCUT2D eigenvalue weighted by Crippen LogP contribution is -2.19. The Hall–Kier alpha value is -0.980. The van der Waals surface area contributed by atoms with Crippen molar-refractivity contribution < 1.29 is 13.2 Å². The normalized spacial score (nSPS) is 11.6. The lowest BCUT2D eigenvalue weighted by atomic mass is 10.3. The molecule has 0 aliphatic heterocycles. The van der Waals surface area contributed by atoms with Gasteiger partial charge in [0.1, 0.15) is 12.4 Å². The van der Waals surface area contributed by atoms with Crippen molar-refractivity contribution in [3.05, 3.63) is 24.3 Å². The number of rotatable bonds is 10. The van der Waals surface area contributed by atoms with Crippen molar-refractivity contribution in [3.63, 3.8) is 0 Å². The second-order valence-electron chi connectivity index (χ2n) is 4.99. The first-order valence-electron chi connectivity index (χ1n) is 6.87.